The number of amides is 1. The molecule has 2 aromatic heterocycles. The van der Waals surface area contributed by atoms with Gasteiger partial charge in [0.15, 0.2) is 0 Å². The van der Waals surface area contributed by atoms with E-state index < -0.39 is 5.82 Å². The summed E-state index contributed by atoms with van der Waals surface area (Å²) < 4.78 is 15.5. The van der Waals surface area contributed by atoms with E-state index >= 15 is 0 Å². The van der Waals surface area contributed by atoms with Crippen LogP contribution in [0.3, 0.4) is 0 Å². The molecule has 1 unspecified atom stereocenters. The molecule has 0 aliphatic carbocycles. The second-order valence-corrected chi connectivity index (χ2v) is 6.10. The van der Waals surface area contributed by atoms with Gasteiger partial charge in [0.1, 0.15) is 22.9 Å². The van der Waals surface area contributed by atoms with Crippen LogP contribution in [0.4, 0.5) is 4.39 Å². The third-order valence-electron chi connectivity index (χ3n) is 4.49. The maximum atomic E-state index is 13.9. The minimum absolute atomic E-state index is 0.0910. The first-order valence-corrected chi connectivity index (χ1v) is 8.12. The lowest BCUT2D eigenvalue weighted by Crippen LogP contribution is -2.36. The molecule has 128 valence electrons. The lowest BCUT2D eigenvalue weighted by Gasteiger charge is -2.15. The third-order valence-corrected chi connectivity index (χ3v) is 4.49. The third kappa shape index (κ3) is 2.90. The van der Waals surface area contributed by atoms with Crippen LogP contribution >= 0.6 is 0 Å². The second kappa shape index (κ2) is 6.12. The molecule has 0 saturated carbocycles. The van der Waals surface area contributed by atoms with Crippen LogP contribution in [-0.4, -0.2) is 31.7 Å². The number of nitrogens with one attached hydrogen (secondary N) is 2. The molecule has 0 radical (unpaired) electrons. The van der Waals surface area contributed by atoms with Crippen LogP contribution in [0.15, 0.2) is 35.1 Å². The van der Waals surface area contributed by atoms with Gasteiger partial charge in [-0.05, 0) is 25.0 Å². The molecule has 1 aliphatic heterocycles. The number of rotatable bonds is 2. The summed E-state index contributed by atoms with van der Waals surface area (Å²) >= 11 is 0. The number of nitrogens with zero attached hydrogens (tertiary/aromatic N) is 3. The normalized spacial score (nSPS) is 17.1. The van der Waals surface area contributed by atoms with Gasteiger partial charge in [0.2, 0.25) is 0 Å². The van der Waals surface area contributed by atoms with E-state index in [4.69, 9.17) is 0 Å². The monoisotopic (exact) mass is 341 g/mol. The molecule has 1 aromatic carbocycles. The maximum absolute atomic E-state index is 13.9. The van der Waals surface area contributed by atoms with Gasteiger partial charge in [0.25, 0.3) is 5.91 Å². The van der Waals surface area contributed by atoms with Gasteiger partial charge >= 0.3 is 5.69 Å². The van der Waals surface area contributed by atoms with Gasteiger partial charge in [0, 0.05) is 24.4 Å². The number of para-hydroxylation sites is 1. The van der Waals surface area contributed by atoms with Gasteiger partial charge in [-0.3, -0.25) is 9.36 Å². The van der Waals surface area contributed by atoms with Crippen LogP contribution in [-0.2, 0) is 13.0 Å². The maximum Gasteiger partial charge on any atom is 0.343 e. The Morgan fingerprint density at radius 1 is 1.28 bits per heavy atom. The molecule has 7 nitrogen and oxygen atoms in total. The lowest BCUT2D eigenvalue weighted by atomic mass is 10.1. The number of aromatic nitrogens is 4. The number of halogens is 1. The van der Waals surface area contributed by atoms with Crippen LogP contribution in [0.2, 0.25) is 0 Å². The largest absolute Gasteiger partial charge is 0.348 e. The van der Waals surface area contributed by atoms with Crippen molar-refractivity contribution in [1.29, 1.82) is 0 Å². The number of benzene rings is 1. The van der Waals surface area contributed by atoms with Crippen LogP contribution in [0.5, 0.6) is 0 Å². The van der Waals surface area contributed by atoms with E-state index in [1.807, 2.05) is 0 Å². The average molecular weight is 341 g/mol. The summed E-state index contributed by atoms with van der Waals surface area (Å²) in [5, 5.41) is 10.0. The Balaban J connectivity index is 1.51. The van der Waals surface area contributed by atoms with Crippen LogP contribution in [0.25, 0.3) is 10.9 Å². The first-order valence-electron chi connectivity index (χ1n) is 8.12. The van der Waals surface area contributed by atoms with E-state index in [0.29, 0.717) is 37.0 Å². The highest BCUT2D eigenvalue weighted by Gasteiger charge is 2.21. The molecule has 4 rings (SSSR count). The van der Waals surface area contributed by atoms with Crippen LogP contribution in [0, 0.1) is 5.82 Å². The molecule has 25 heavy (non-hydrogen) atoms. The number of H-pyrrole nitrogens is 1. The molecule has 8 heteroatoms. The fraction of sp³-hybridized carbons (Fsp3) is 0.294. The molecule has 0 fully saturated rings. The van der Waals surface area contributed by atoms with Crippen molar-refractivity contribution in [2.45, 2.75) is 31.8 Å². The number of aromatic amines is 1. The van der Waals surface area contributed by atoms with Gasteiger partial charge in [-0.2, -0.15) is 5.10 Å². The molecule has 0 spiro atoms. The topological polar surface area (TPSA) is 92.7 Å². The van der Waals surface area contributed by atoms with E-state index in [9.17, 15) is 14.0 Å². The van der Waals surface area contributed by atoms with Crippen molar-refractivity contribution in [1.82, 2.24) is 25.1 Å². The van der Waals surface area contributed by atoms with Crippen molar-refractivity contribution in [2.24, 2.45) is 0 Å². The Bertz CT molecular complexity index is 1010. The molecule has 3 heterocycles. The highest BCUT2D eigenvalue weighted by molar-refractivity contribution is 5.95. The number of hydrogen-bond acceptors (Lipinski definition) is 4. The number of hydrogen-bond donors (Lipinski definition) is 2. The van der Waals surface area contributed by atoms with Crippen LogP contribution < -0.4 is 11.0 Å². The number of aryl methyl sites for hydroxylation is 1. The molecule has 0 saturated heterocycles. The first-order chi connectivity index (χ1) is 12.1. The van der Waals surface area contributed by atoms with Crippen LogP contribution in [0.1, 0.15) is 29.2 Å². The molecular formula is C17H16FN5O2. The molecule has 2 N–H and O–H groups in total. The quantitative estimate of drug-likeness (QED) is 0.737. The highest BCUT2D eigenvalue weighted by Crippen LogP contribution is 2.17. The van der Waals surface area contributed by atoms with Gasteiger partial charge in [-0.1, -0.05) is 18.2 Å². The van der Waals surface area contributed by atoms with E-state index in [-0.39, 0.29) is 28.8 Å². The van der Waals surface area contributed by atoms with Crippen molar-refractivity contribution in [3.8, 4) is 0 Å². The SMILES string of the molecule is O=C(NC1CCc2n[nH]c(=O)n2CC1)c1ccc2cccc(F)c2n1. The molecule has 0 bridgehead atoms. The Kier molecular flexibility index (Phi) is 3.79. The lowest BCUT2D eigenvalue weighted by molar-refractivity contribution is 0.0928. The van der Waals surface area contributed by atoms with Gasteiger partial charge in [0.05, 0.1) is 0 Å². The van der Waals surface area contributed by atoms with Gasteiger partial charge < -0.3 is 5.32 Å². The van der Waals surface area contributed by atoms with E-state index in [2.05, 4.69) is 20.5 Å². The molecule has 1 aliphatic rings. The number of fused-ring (bicyclic) bond motifs is 2. The molecule has 1 amide bonds. The van der Waals surface area contributed by atoms with E-state index in [0.717, 1.165) is 0 Å². The second-order valence-electron chi connectivity index (χ2n) is 6.10. The zero-order valence-electron chi connectivity index (χ0n) is 13.3. The van der Waals surface area contributed by atoms with Crippen molar-refractivity contribution >= 4 is 16.8 Å². The molecular weight excluding hydrogens is 325 g/mol. The number of carbonyl (C=O) groups is 1. The van der Waals surface area contributed by atoms with Gasteiger partial charge in [-0.15, -0.1) is 0 Å². The van der Waals surface area contributed by atoms with E-state index in [1.54, 1.807) is 28.8 Å². The minimum Gasteiger partial charge on any atom is -0.348 e. The smallest absolute Gasteiger partial charge is 0.343 e. The summed E-state index contributed by atoms with van der Waals surface area (Å²) in [7, 11) is 0. The number of pyridine rings is 1. The Morgan fingerprint density at radius 3 is 3.04 bits per heavy atom. The van der Waals surface area contributed by atoms with Crippen molar-refractivity contribution < 1.29 is 9.18 Å². The van der Waals surface area contributed by atoms with Gasteiger partial charge in [-0.25, -0.2) is 19.3 Å². The van der Waals surface area contributed by atoms with E-state index in [1.165, 1.54) is 6.07 Å². The van der Waals surface area contributed by atoms with Crippen molar-refractivity contribution in [3.05, 3.63) is 58.2 Å². The fourth-order valence-electron chi connectivity index (χ4n) is 3.15. The predicted molar refractivity (Wildman–Crippen MR) is 88.7 cm³/mol. The summed E-state index contributed by atoms with van der Waals surface area (Å²) in [4.78, 5) is 28.3. The first kappa shape index (κ1) is 15.5. The minimum atomic E-state index is -0.453. The summed E-state index contributed by atoms with van der Waals surface area (Å²) in [6.07, 6.45) is 1.90. The summed E-state index contributed by atoms with van der Waals surface area (Å²) in [5.74, 6) is -0.0949. The van der Waals surface area contributed by atoms with Crippen molar-refractivity contribution in [3.63, 3.8) is 0 Å². The standard InChI is InChI=1S/C17H16FN5O2/c18-12-3-1-2-10-4-6-13(20-15(10)12)16(24)19-11-5-7-14-21-22-17(25)23(14)9-8-11/h1-4,6,11H,5,7-9H2,(H,19,24)(H,22,25). The summed E-state index contributed by atoms with van der Waals surface area (Å²) in [6, 6.07) is 7.85. The average Bonchev–Trinajstić information content (AvgIpc) is 2.84. The zero-order valence-corrected chi connectivity index (χ0v) is 13.3. The molecule has 1 atom stereocenters. The Labute approximate surface area is 141 Å². The Hall–Kier alpha value is -3.03. The fourth-order valence-corrected chi connectivity index (χ4v) is 3.15. The highest BCUT2D eigenvalue weighted by atomic mass is 19.1. The predicted octanol–water partition coefficient (Wildman–Crippen LogP) is 1.39. The van der Waals surface area contributed by atoms with Crippen molar-refractivity contribution in [2.75, 3.05) is 0 Å². The Morgan fingerprint density at radius 2 is 2.16 bits per heavy atom. The number of carbonyl (C=O) groups excluding carboxylic acids is 1. The zero-order chi connectivity index (χ0) is 17.4. The summed E-state index contributed by atoms with van der Waals surface area (Å²) in [5.41, 5.74) is 0.133. The summed E-state index contributed by atoms with van der Waals surface area (Å²) in [6.45, 7) is 0.495. The molecule has 3 aromatic rings.